The average Bonchev–Trinajstić information content (AvgIpc) is 2.63. The molecule has 1 amide bonds. The highest BCUT2D eigenvalue weighted by molar-refractivity contribution is 6.09. The number of ether oxygens (including phenoxy) is 1. The van der Waals surface area contributed by atoms with E-state index in [-0.39, 0.29) is 5.69 Å². The van der Waals surface area contributed by atoms with Gasteiger partial charge in [-0.1, -0.05) is 12.1 Å². The molecule has 0 bridgehead atoms. The number of carboxylic acids is 1. The number of para-hydroxylation sites is 2. The van der Waals surface area contributed by atoms with Gasteiger partial charge < -0.3 is 24.9 Å². The number of hydrogen-bond acceptors (Lipinski definition) is 7. The maximum atomic E-state index is 12.4. The van der Waals surface area contributed by atoms with E-state index in [9.17, 15) is 14.7 Å². The Hall–Kier alpha value is -3.00. The van der Waals surface area contributed by atoms with Crippen molar-refractivity contribution in [1.82, 2.24) is 9.97 Å². The van der Waals surface area contributed by atoms with Crippen LogP contribution >= 0.6 is 0 Å². The van der Waals surface area contributed by atoms with Crippen LogP contribution in [0.2, 0.25) is 0 Å². The quantitative estimate of drug-likeness (QED) is 0.837. The van der Waals surface area contributed by atoms with E-state index < -0.39 is 17.6 Å². The van der Waals surface area contributed by atoms with Crippen molar-refractivity contribution < 1.29 is 19.4 Å². The van der Waals surface area contributed by atoms with Crippen molar-refractivity contribution >= 4 is 23.3 Å². The minimum absolute atomic E-state index is 0.283. The summed E-state index contributed by atoms with van der Waals surface area (Å²) >= 11 is 0. The topological polar surface area (TPSA) is 107 Å². The number of carbonyl (C=O) groups is 2. The number of anilines is 2. The summed E-state index contributed by atoms with van der Waals surface area (Å²) in [6.07, 6.45) is 2.46. The van der Waals surface area contributed by atoms with E-state index in [1.807, 2.05) is 12.1 Å². The monoisotopic (exact) mass is 327 g/mol. The lowest BCUT2D eigenvalue weighted by molar-refractivity contribution is -0.255. The van der Waals surface area contributed by atoms with Gasteiger partial charge in [-0.15, -0.1) is 0 Å². The van der Waals surface area contributed by atoms with E-state index in [1.165, 1.54) is 12.4 Å². The highest BCUT2D eigenvalue weighted by Crippen LogP contribution is 2.26. The van der Waals surface area contributed by atoms with Crippen LogP contribution in [0, 0.1) is 0 Å². The predicted octanol–water partition coefficient (Wildman–Crippen LogP) is -0.0710. The molecule has 24 heavy (non-hydrogen) atoms. The third-order valence-electron chi connectivity index (χ3n) is 3.61. The Bertz CT molecular complexity index is 759. The van der Waals surface area contributed by atoms with Gasteiger partial charge in [-0.25, -0.2) is 4.98 Å². The predicted molar refractivity (Wildman–Crippen MR) is 83.8 cm³/mol. The first kappa shape index (κ1) is 15.9. The lowest BCUT2D eigenvalue weighted by atomic mass is 10.2. The number of carboxylic acid groups (broad SMARTS) is 1. The van der Waals surface area contributed by atoms with Crippen LogP contribution in [-0.2, 0) is 4.74 Å². The summed E-state index contributed by atoms with van der Waals surface area (Å²) in [5.74, 6) is -2.20. The van der Waals surface area contributed by atoms with Crippen molar-refractivity contribution in [3.05, 3.63) is 48.0 Å². The number of hydrogen-bond donors (Lipinski definition) is 1. The molecule has 0 atom stereocenters. The van der Waals surface area contributed by atoms with Crippen molar-refractivity contribution in [3.63, 3.8) is 0 Å². The second kappa shape index (κ2) is 7.05. The number of nitrogens with zero attached hydrogens (tertiary/aromatic N) is 3. The fraction of sp³-hybridized carbons (Fsp3) is 0.250. The molecule has 0 unspecified atom stereocenters. The fourth-order valence-corrected chi connectivity index (χ4v) is 2.49. The third kappa shape index (κ3) is 3.33. The molecule has 0 spiro atoms. The number of rotatable bonds is 4. The first-order valence-corrected chi connectivity index (χ1v) is 7.42. The zero-order valence-electron chi connectivity index (χ0n) is 12.8. The van der Waals surface area contributed by atoms with Gasteiger partial charge in [0.25, 0.3) is 5.91 Å². The number of nitrogens with one attached hydrogen (secondary N) is 1. The van der Waals surface area contributed by atoms with E-state index in [4.69, 9.17) is 4.74 Å². The van der Waals surface area contributed by atoms with Crippen LogP contribution in [0.3, 0.4) is 0 Å². The van der Waals surface area contributed by atoms with Gasteiger partial charge in [-0.3, -0.25) is 9.78 Å². The molecule has 2 heterocycles. The summed E-state index contributed by atoms with van der Waals surface area (Å²) in [6.45, 7) is 2.65. The molecule has 1 N–H and O–H groups in total. The van der Waals surface area contributed by atoms with Crippen molar-refractivity contribution in [2.45, 2.75) is 0 Å². The zero-order chi connectivity index (χ0) is 16.9. The van der Waals surface area contributed by atoms with Gasteiger partial charge in [0, 0.05) is 25.5 Å². The molecule has 1 aliphatic heterocycles. The van der Waals surface area contributed by atoms with Crippen LogP contribution in [0.1, 0.15) is 21.0 Å². The fourth-order valence-electron chi connectivity index (χ4n) is 2.49. The van der Waals surface area contributed by atoms with Crippen molar-refractivity contribution in [3.8, 4) is 0 Å². The Labute approximate surface area is 138 Å². The molecule has 1 aromatic heterocycles. The molecule has 0 aliphatic carbocycles. The Balaban J connectivity index is 1.86. The summed E-state index contributed by atoms with van der Waals surface area (Å²) in [5, 5.41) is 13.8. The standard InChI is InChI=1S/C16H16N4O4/c21-15(13-14(16(22)23)18-6-5-17-13)19-11-3-1-2-4-12(11)20-7-9-24-10-8-20/h1-6H,7-10H2,(H,19,21)(H,22,23)/p-1. The number of benzene rings is 1. The minimum Gasteiger partial charge on any atom is -0.543 e. The van der Waals surface area contributed by atoms with Crippen molar-refractivity contribution in [2.24, 2.45) is 0 Å². The van der Waals surface area contributed by atoms with Gasteiger partial charge in [0.1, 0.15) is 5.69 Å². The molecule has 8 nitrogen and oxygen atoms in total. The largest absolute Gasteiger partial charge is 0.543 e. The molecule has 2 aromatic rings. The average molecular weight is 327 g/mol. The van der Waals surface area contributed by atoms with Crippen LogP contribution in [0.15, 0.2) is 36.7 Å². The van der Waals surface area contributed by atoms with Gasteiger partial charge in [-0.2, -0.15) is 0 Å². The lowest BCUT2D eigenvalue weighted by Crippen LogP contribution is -2.37. The van der Waals surface area contributed by atoms with Crippen LogP contribution in [0.5, 0.6) is 0 Å². The number of morpholine rings is 1. The van der Waals surface area contributed by atoms with E-state index in [1.54, 1.807) is 12.1 Å². The molecule has 1 aromatic carbocycles. The normalized spacial score (nSPS) is 14.2. The van der Waals surface area contributed by atoms with Gasteiger partial charge in [0.2, 0.25) is 0 Å². The number of amides is 1. The molecule has 1 aliphatic rings. The Kier molecular flexibility index (Phi) is 4.66. The maximum Gasteiger partial charge on any atom is 0.276 e. The molecule has 0 radical (unpaired) electrons. The SMILES string of the molecule is O=C([O-])c1nccnc1C(=O)Nc1ccccc1N1CCOCC1. The van der Waals surface area contributed by atoms with E-state index in [2.05, 4.69) is 20.2 Å². The smallest absolute Gasteiger partial charge is 0.276 e. The highest BCUT2D eigenvalue weighted by Gasteiger charge is 2.19. The van der Waals surface area contributed by atoms with E-state index >= 15 is 0 Å². The van der Waals surface area contributed by atoms with Crippen molar-refractivity contribution in [2.75, 3.05) is 36.5 Å². The molecule has 1 fully saturated rings. The molecular formula is C16H15N4O4-. The first-order valence-electron chi connectivity index (χ1n) is 7.42. The van der Waals surface area contributed by atoms with Crippen molar-refractivity contribution in [1.29, 1.82) is 0 Å². The summed E-state index contributed by atoms with van der Waals surface area (Å²) < 4.78 is 5.33. The number of aromatic carboxylic acids is 1. The van der Waals surface area contributed by atoms with Gasteiger partial charge >= 0.3 is 0 Å². The summed E-state index contributed by atoms with van der Waals surface area (Å²) in [6, 6.07) is 7.29. The molecular weight excluding hydrogens is 312 g/mol. The minimum atomic E-state index is -1.55. The highest BCUT2D eigenvalue weighted by atomic mass is 16.5. The summed E-state index contributed by atoms with van der Waals surface area (Å²) in [4.78, 5) is 33.0. The van der Waals surface area contributed by atoms with E-state index in [0.717, 1.165) is 5.69 Å². The molecule has 1 saturated heterocycles. The second-order valence-electron chi connectivity index (χ2n) is 5.11. The second-order valence-corrected chi connectivity index (χ2v) is 5.11. The van der Waals surface area contributed by atoms with Crippen LogP contribution in [-0.4, -0.2) is 48.1 Å². The lowest BCUT2D eigenvalue weighted by Gasteiger charge is -2.30. The molecule has 3 rings (SSSR count). The Morgan fingerprint density at radius 2 is 1.75 bits per heavy atom. The van der Waals surface area contributed by atoms with E-state index in [0.29, 0.717) is 32.0 Å². The molecule has 124 valence electrons. The van der Waals surface area contributed by atoms with Crippen LogP contribution in [0.4, 0.5) is 11.4 Å². The Morgan fingerprint density at radius 3 is 2.46 bits per heavy atom. The number of carbonyl (C=O) groups excluding carboxylic acids is 2. The molecule has 0 saturated carbocycles. The van der Waals surface area contributed by atoms with Gasteiger partial charge in [0.15, 0.2) is 5.69 Å². The Morgan fingerprint density at radius 1 is 1.08 bits per heavy atom. The third-order valence-corrected chi connectivity index (χ3v) is 3.61. The number of aromatic nitrogens is 2. The maximum absolute atomic E-state index is 12.4. The molecule has 8 heteroatoms. The van der Waals surface area contributed by atoms with Gasteiger partial charge in [-0.05, 0) is 12.1 Å². The first-order chi connectivity index (χ1) is 11.7. The van der Waals surface area contributed by atoms with Crippen LogP contribution < -0.4 is 15.3 Å². The summed E-state index contributed by atoms with van der Waals surface area (Å²) in [5.41, 5.74) is 0.639. The zero-order valence-corrected chi connectivity index (χ0v) is 12.8. The summed E-state index contributed by atoms with van der Waals surface area (Å²) in [7, 11) is 0. The van der Waals surface area contributed by atoms with Crippen LogP contribution in [0.25, 0.3) is 0 Å². The van der Waals surface area contributed by atoms with Gasteiger partial charge in [0.05, 0.1) is 30.6 Å².